The molecule has 0 aliphatic rings. The van der Waals surface area contributed by atoms with E-state index in [1.165, 1.54) is 5.69 Å². The summed E-state index contributed by atoms with van der Waals surface area (Å²) < 4.78 is 5.38. The SMILES string of the molecule is CN=C(NCCN(C)c1ccccc1)NCC(C)(C)OC. The quantitative estimate of drug-likeness (QED) is 0.593. The number of nitrogens with zero attached hydrogens (tertiary/aromatic N) is 2. The highest BCUT2D eigenvalue weighted by Crippen LogP contribution is 2.09. The molecule has 0 atom stereocenters. The van der Waals surface area contributed by atoms with Crippen molar-refractivity contribution < 1.29 is 4.74 Å². The summed E-state index contributed by atoms with van der Waals surface area (Å²) in [6.07, 6.45) is 0. The minimum Gasteiger partial charge on any atom is -0.377 e. The lowest BCUT2D eigenvalue weighted by Gasteiger charge is -2.25. The molecule has 0 saturated carbocycles. The monoisotopic (exact) mass is 292 g/mol. The van der Waals surface area contributed by atoms with Gasteiger partial charge in [0.25, 0.3) is 0 Å². The van der Waals surface area contributed by atoms with Crippen molar-refractivity contribution in [2.45, 2.75) is 19.4 Å². The number of nitrogens with one attached hydrogen (secondary N) is 2. The molecule has 0 spiro atoms. The van der Waals surface area contributed by atoms with Gasteiger partial charge in [0.05, 0.1) is 5.60 Å². The van der Waals surface area contributed by atoms with Crippen LogP contribution in [0.4, 0.5) is 5.69 Å². The van der Waals surface area contributed by atoms with E-state index in [0.717, 1.165) is 19.0 Å². The molecule has 0 amide bonds. The topological polar surface area (TPSA) is 48.9 Å². The zero-order chi connectivity index (χ0) is 15.7. The van der Waals surface area contributed by atoms with E-state index in [0.29, 0.717) is 6.54 Å². The van der Waals surface area contributed by atoms with Gasteiger partial charge >= 0.3 is 0 Å². The van der Waals surface area contributed by atoms with Gasteiger partial charge in [0, 0.05) is 46.5 Å². The molecule has 0 unspecified atom stereocenters. The summed E-state index contributed by atoms with van der Waals surface area (Å²) in [5, 5.41) is 6.58. The van der Waals surface area contributed by atoms with Gasteiger partial charge in [-0.3, -0.25) is 4.99 Å². The van der Waals surface area contributed by atoms with Crippen molar-refractivity contribution in [2.75, 3.05) is 45.7 Å². The Bertz CT molecular complexity index is 431. The van der Waals surface area contributed by atoms with Crippen molar-refractivity contribution in [3.63, 3.8) is 0 Å². The number of hydrogen-bond acceptors (Lipinski definition) is 3. The first-order valence-electron chi connectivity index (χ1n) is 7.24. The Hall–Kier alpha value is -1.75. The number of rotatable bonds is 7. The van der Waals surface area contributed by atoms with E-state index in [1.54, 1.807) is 14.2 Å². The summed E-state index contributed by atoms with van der Waals surface area (Å²) >= 11 is 0. The molecule has 2 N–H and O–H groups in total. The summed E-state index contributed by atoms with van der Waals surface area (Å²) in [5.41, 5.74) is 1.00. The van der Waals surface area contributed by atoms with Crippen LogP contribution in [0.1, 0.15) is 13.8 Å². The maximum atomic E-state index is 5.38. The third-order valence-corrected chi connectivity index (χ3v) is 3.39. The number of likely N-dealkylation sites (N-methyl/N-ethyl adjacent to an activating group) is 1. The highest BCUT2D eigenvalue weighted by molar-refractivity contribution is 5.79. The lowest BCUT2D eigenvalue weighted by atomic mass is 10.1. The smallest absolute Gasteiger partial charge is 0.191 e. The third kappa shape index (κ3) is 6.49. The van der Waals surface area contributed by atoms with E-state index in [1.807, 2.05) is 32.0 Å². The van der Waals surface area contributed by atoms with E-state index in [-0.39, 0.29) is 5.60 Å². The van der Waals surface area contributed by atoms with Gasteiger partial charge in [0.15, 0.2) is 5.96 Å². The summed E-state index contributed by atoms with van der Waals surface area (Å²) in [6, 6.07) is 10.3. The molecular weight excluding hydrogens is 264 g/mol. The van der Waals surface area contributed by atoms with Crippen LogP contribution in [0.3, 0.4) is 0 Å². The molecular formula is C16H28N4O. The molecule has 0 saturated heterocycles. The lowest BCUT2D eigenvalue weighted by Crippen LogP contribution is -2.46. The van der Waals surface area contributed by atoms with Crippen LogP contribution in [0.15, 0.2) is 35.3 Å². The molecule has 21 heavy (non-hydrogen) atoms. The van der Waals surface area contributed by atoms with Gasteiger partial charge in [-0.2, -0.15) is 0 Å². The Labute approximate surface area is 128 Å². The van der Waals surface area contributed by atoms with E-state index >= 15 is 0 Å². The molecule has 0 bridgehead atoms. The predicted molar refractivity (Wildman–Crippen MR) is 90.2 cm³/mol. The molecule has 5 heteroatoms. The fourth-order valence-corrected chi connectivity index (χ4v) is 1.74. The van der Waals surface area contributed by atoms with Crippen LogP contribution in [0.5, 0.6) is 0 Å². The number of para-hydroxylation sites is 1. The normalized spacial score (nSPS) is 12.1. The van der Waals surface area contributed by atoms with Crippen LogP contribution in [-0.2, 0) is 4.74 Å². The van der Waals surface area contributed by atoms with Crippen LogP contribution in [0.2, 0.25) is 0 Å². The average molecular weight is 292 g/mol. The number of hydrogen-bond donors (Lipinski definition) is 2. The minimum absolute atomic E-state index is 0.210. The molecule has 1 aromatic rings. The van der Waals surface area contributed by atoms with E-state index in [2.05, 4.69) is 39.7 Å². The number of aliphatic imine (C=N–C) groups is 1. The summed E-state index contributed by atoms with van der Waals surface area (Å²) in [7, 11) is 5.57. The molecule has 5 nitrogen and oxygen atoms in total. The van der Waals surface area contributed by atoms with Crippen molar-refractivity contribution >= 4 is 11.6 Å². The second-order valence-corrected chi connectivity index (χ2v) is 5.57. The van der Waals surface area contributed by atoms with Crippen molar-refractivity contribution in [1.29, 1.82) is 0 Å². The molecule has 0 aliphatic carbocycles. The Kier molecular flexibility index (Phi) is 7.02. The number of methoxy groups -OCH3 is 1. The average Bonchev–Trinajstić information content (AvgIpc) is 2.51. The molecule has 0 radical (unpaired) electrons. The van der Waals surface area contributed by atoms with Gasteiger partial charge in [-0.15, -0.1) is 0 Å². The fourth-order valence-electron chi connectivity index (χ4n) is 1.74. The second kappa shape index (κ2) is 8.52. The van der Waals surface area contributed by atoms with Crippen LogP contribution < -0.4 is 15.5 Å². The van der Waals surface area contributed by atoms with Gasteiger partial charge < -0.3 is 20.3 Å². The third-order valence-electron chi connectivity index (χ3n) is 3.39. The Balaban J connectivity index is 2.33. The zero-order valence-electron chi connectivity index (χ0n) is 13.8. The summed E-state index contributed by atoms with van der Waals surface area (Å²) in [6.45, 7) is 6.50. The standard InChI is InChI=1S/C16H28N4O/c1-16(2,21-5)13-19-15(17-3)18-11-12-20(4)14-9-7-6-8-10-14/h6-10H,11-13H2,1-5H3,(H2,17,18,19). The first kappa shape index (κ1) is 17.3. The molecule has 1 rings (SSSR count). The van der Waals surface area contributed by atoms with Crippen LogP contribution in [-0.4, -0.2) is 52.4 Å². The first-order valence-corrected chi connectivity index (χ1v) is 7.24. The van der Waals surface area contributed by atoms with Crippen molar-refractivity contribution in [3.05, 3.63) is 30.3 Å². The molecule has 0 aliphatic heterocycles. The van der Waals surface area contributed by atoms with E-state index < -0.39 is 0 Å². The number of ether oxygens (including phenoxy) is 1. The predicted octanol–water partition coefficient (Wildman–Crippen LogP) is 1.71. The molecule has 0 fully saturated rings. The molecule has 118 valence electrons. The Morgan fingerprint density at radius 3 is 2.48 bits per heavy atom. The van der Waals surface area contributed by atoms with Crippen LogP contribution in [0.25, 0.3) is 0 Å². The zero-order valence-corrected chi connectivity index (χ0v) is 13.8. The van der Waals surface area contributed by atoms with Gasteiger partial charge in [-0.1, -0.05) is 18.2 Å². The lowest BCUT2D eigenvalue weighted by molar-refractivity contribution is 0.0268. The van der Waals surface area contributed by atoms with Gasteiger partial charge in [0.1, 0.15) is 0 Å². The van der Waals surface area contributed by atoms with Gasteiger partial charge in [-0.25, -0.2) is 0 Å². The minimum atomic E-state index is -0.210. The van der Waals surface area contributed by atoms with Crippen LogP contribution >= 0.6 is 0 Å². The first-order chi connectivity index (χ1) is 9.98. The van der Waals surface area contributed by atoms with E-state index in [4.69, 9.17) is 4.74 Å². The number of benzene rings is 1. The highest BCUT2D eigenvalue weighted by atomic mass is 16.5. The maximum Gasteiger partial charge on any atom is 0.191 e. The fraction of sp³-hybridized carbons (Fsp3) is 0.562. The summed E-state index contributed by atoms with van der Waals surface area (Å²) in [5.74, 6) is 0.793. The van der Waals surface area contributed by atoms with Crippen molar-refractivity contribution in [1.82, 2.24) is 10.6 Å². The highest BCUT2D eigenvalue weighted by Gasteiger charge is 2.16. The Morgan fingerprint density at radius 1 is 1.24 bits per heavy atom. The number of guanidine groups is 1. The molecule has 0 aromatic heterocycles. The molecule has 1 aromatic carbocycles. The van der Waals surface area contributed by atoms with Gasteiger partial charge in [-0.05, 0) is 26.0 Å². The summed E-state index contributed by atoms with van der Waals surface area (Å²) in [4.78, 5) is 6.42. The van der Waals surface area contributed by atoms with Crippen molar-refractivity contribution in [3.8, 4) is 0 Å². The maximum absolute atomic E-state index is 5.38. The largest absolute Gasteiger partial charge is 0.377 e. The van der Waals surface area contributed by atoms with Crippen molar-refractivity contribution in [2.24, 2.45) is 4.99 Å². The van der Waals surface area contributed by atoms with E-state index in [9.17, 15) is 0 Å². The van der Waals surface area contributed by atoms with Crippen LogP contribution in [0, 0.1) is 0 Å². The number of anilines is 1. The molecule has 0 heterocycles. The second-order valence-electron chi connectivity index (χ2n) is 5.57. The van der Waals surface area contributed by atoms with Gasteiger partial charge in [0.2, 0.25) is 0 Å². The Morgan fingerprint density at radius 2 is 1.90 bits per heavy atom.